The molecule has 3 N–H and O–H groups in total. The Kier molecular flexibility index (Phi) is 5.78. The van der Waals surface area contributed by atoms with Gasteiger partial charge in [0.05, 0.1) is 12.3 Å². The minimum absolute atomic E-state index is 0.120. The van der Waals surface area contributed by atoms with E-state index in [0.717, 1.165) is 5.56 Å². The fraction of sp³-hybridized carbons (Fsp3) is 0.417. The van der Waals surface area contributed by atoms with Crippen LogP contribution in [0.2, 0.25) is 0 Å². The second-order valence-electron chi connectivity index (χ2n) is 4.31. The number of guanidine groups is 1. The Balaban J connectivity index is 2.57. The standard InChI is InChI=1S/C12H20N4O2S/c1-16(2)12(14-8-9-19(13,17)18)15-10-11-6-4-3-5-7-11/h3-7H,8-10H2,1-2H3,(H,14,15)(H2,13,17,18). The second kappa shape index (κ2) is 7.10. The van der Waals surface area contributed by atoms with E-state index in [1.807, 2.05) is 44.4 Å². The highest BCUT2D eigenvalue weighted by atomic mass is 32.2. The third-order valence-corrected chi connectivity index (χ3v) is 3.12. The molecule has 0 spiro atoms. The van der Waals surface area contributed by atoms with Crippen LogP contribution in [0.5, 0.6) is 0 Å². The monoisotopic (exact) mass is 284 g/mol. The van der Waals surface area contributed by atoms with Crippen molar-refractivity contribution < 1.29 is 8.42 Å². The lowest BCUT2D eigenvalue weighted by atomic mass is 10.2. The van der Waals surface area contributed by atoms with Crippen molar-refractivity contribution in [3.05, 3.63) is 35.9 Å². The lowest BCUT2D eigenvalue weighted by molar-refractivity contribution is 0.577. The molecule has 0 fully saturated rings. The van der Waals surface area contributed by atoms with Gasteiger partial charge in [-0.3, -0.25) is 0 Å². The Morgan fingerprint density at radius 2 is 1.95 bits per heavy atom. The van der Waals surface area contributed by atoms with E-state index in [1.54, 1.807) is 4.90 Å². The van der Waals surface area contributed by atoms with Crippen LogP contribution in [0.25, 0.3) is 0 Å². The van der Waals surface area contributed by atoms with Gasteiger partial charge in [-0.1, -0.05) is 30.3 Å². The van der Waals surface area contributed by atoms with E-state index in [2.05, 4.69) is 10.3 Å². The summed E-state index contributed by atoms with van der Waals surface area (Å²) in [6.07, 6.45) is 0. The average Bonchev–Trinajstić information content (AvgIpc) is 2.33. The minimum atomic E-state index is -3.45. The molecule has 0 aliphatic carbocycles. The Bertz CT molecular complexity index is 512. The van der Waals surface area contributed by atoms with Gasteiger partial charge in [0.15, 0.2) is 5.96 Å². The summed E-state index contributed by atoms with van der Waals surface area (Å²) in [7, 11) is 0.233. The molecule has 0 atom stereocenters. The minimum Gasteiger partial charge on any atom is -0.355 e. The Morgan fingerprint density at radius 3 is 2.47 bits per heavy atom. The van der Waals surface area contributed by atoms with Crippen LogP contribution in [0.1, 0.15) is 5.56 Å². The molecule has 1 rings (SSSR count). The van der Waals surface area contributed by atoms with Gasteiger partial charge in [-0.2, -0.15) is 0 Å². The molecule has 0 radical (unpaired) electrons. The predicted octanol–water partition coefficient (Wildman–Crippen LogP) is -0.0177. The van der Waals surface area contributed by atoms with Crippen molar-refractivity contribution in [1.29, 1.82) is 0 Å². The molecule has 7 heteroatoms. The van der Waals surface area contributed by atoms with E-state index in [1.165, 1.54) is 0 Å². The number of aliphatic imine (C=N–C) groups is 1. The largest absolute Gasteiger partial charge is 0.355 e. The average molecular weight is 284 g/mol. The molecule has 0 amide bonds. The SMILES string of the molecule is CN(C)C(=NCc1ccccc1)NCCS(N)(=O)=O. The van der Waals surface area contributed by atoms with Gasteiger partial charge in [0.2, 0.25) is 10.0 Å². The fourth-order valence-electron chi connectivity index (χ4n) is 1.41. The molecule has 0 unspecified atom stereocenters. The van der Waals surface area contributed by atoms with Gasteiger partial charge in [0.25, 0.3) is 0 Å². The number of sulfonamides is 1. The first-order chi connectivity index (χ1) is 8.88. The number of benzene rings is 1. The molecule has 0 bridgehead atoms. The summed E-state index contributed by atoms with van der Waals surface area (Å²) >= 11 is 0. The first kappa shape index (κ1) is 15.5. The maximum atomic E-state index is 10.8. The van der Waals surface area contributed by atoms with Crippen LogP contribution >= 0.6 is 0 Å². The smallest absolute Gasteiger partial charge is 0.210 e. The molecule has 1 aromatic carbocycles. The Hall–Kier alpha value is -1.60. The van der Waals surface area contributed by atoms with Crippen LogP contribution in [0.3, 0.4) is 0 Å². The lowest BCUT2D eigenvalue weighted by Crippen LogP contribution is -2.39. The number of nitrogens with zero attached hydrogens (tertiary/aromatic N) is 2. The fourth-order valence-corrected chi connectivity index (χ4v) is 1.80. The third-order valence-electron chi connectivity index (χ3n) is 2.35. The molecule has 6 nitrogen and oxygen atoms in total. The van der Waals surface area contributed by atoms with E-state index in [0.29, 0.717) is 12.5 Å². The predicted molar refractivity (Wildman–Crippen MR) is 77.2 cm³/mol. The molecule has 1 aromatic rings. The van der Waals surface area contributed by atoms with Gasteiger partial charge in [-0.25, -0.2) is 18.5 Å². The highest BCUT2D eigenvalue weighted by Crippen LogP contribution is 2.00. The number of hydrogen-bond acceptors (Lipinski definition) is 3. The molecule has 106 valence electrons. The van der Waals surface area contributed by atoms with Crippen LogP contribution in [-0.4, -0.2) is 45.7 Å². The molecular weight excluding hydrogens is 264 g/mol. The van der Waals surface area contributed by atoms with Crippen LogP contribution in [0.15, 0.2) is 35.3 Å². The second-order valence-corrected chi connectivity index (χ2v) is 6.05. The van der Waals surface area contributed by atoms with Crippen LogP contribution < -0.4 is 10.5 Å². The summed E-state index contributed by atoms with van der Waals surface area (Å²) in [6.45, 7) is 0.779. The van der Waals surface area contributed by atoms with Crippen LogP contribution in [0, 0.1) is 0 Å². The van der Waals surface area contributed by atoms with Gasteiger partial charge in [0.1, 0.15) is 0 Å². The maximum Gasteiger partial charge on any atom is 0.210 e. The maximum absolute atomic E-state index is 10.8. The number of nitrogens with one attached hydrogen (secondary N) is 1. The van der Waals surface area contributed by atoms with E-state index in [-0.39, 0.29) is 12.3 Å². The summed E-state index contributed by atoms with van der Waals surface area (Å²) in [5.74, 6) is 0.512. The van der Waals surface area contributed by atoms with Gasteiger partial charge >= 0.3 is 0 Å². The first-order valence-corrected chi connectivity index (χ1v) is 7.60. The highest BCUT2D eigenvalue weighted by Gasteiger charge is 2.05. The zero-order valence-corrected chi connectivity index (χ0v) is 12.0. The molecule has 0 heterocycles. The molecule has 0 aliphatic rings. The topological polar surface area (TPSA) is 87.8 Å². The summed E-state index contributed by atoms with van der Waals surface area (Å²) in [4.78, 5) is 6.21. The van der Waals surface area contributed by atoms with Crippen molar-refractivity contribution >= 4 is 16.0 Å². The number of hydrogen-bond donors (Lipinski definition) is 2. The van der Waals surface area contributed by atoms with Crippen molar-refractivity contribution in [1.82, 2.24) is 10.2 Å². The zero-order valence-electron chi connectivity index (χ0n) is 11.2. The van der Waals surface area contributed by atoms with Gasteiger partial charge < -0.3 is 10.2 Å². The van der Waals surface area contributed by atoms with Crippen molar-refractivity contribution in [2.75, 3.05) is 26.4 Å². The molecule has 19 heavy (non-hydrogen) atoms. The summed E-state index contributed by atoms with van der Waals surface area (Å²) in [6, 6.07) is 9.83. The molecular formula is C12H20N4O2S. The number of rotatable bonds is 5. The third kappa shape index (κ3) is 6.78. The molecule has 0 saturated heterocycles. The van der Waals surface area contributed by atoms with Crippen LogP contribution in [0.4, 0.5) is 0 Å². The summed E-state index contributed by atoms with van der Waals surface area (Å²) in [5, 5.41) is 7.90. The molecule has 0 saturated carbocycles. The summed E-state index contributed by atoms with van der Waals surface area (Å²) < 4.78 is 21.7. The molecule has 0 aliphatic heterocycles. The van der Waals surface area contributed by atoms with Gasteiger partial charge in [-0.05, 0) is 5.56 Å². The van der Waals surface area contributed by atoms with E-state index in [4.69, 9.17) is 5.14 Å². The van der Waals surface area contributed by atoms with Crippen molar-refractivity contribution in [3.63, 3.8) is 0 Å². The number of nitrogens with two attached hydrogens (primary N) is 1. The normalized spacial score (nSPS) is 12.3. The van der Waals surface area contributed by atoms with Gasteiger partial charge in [0, 0.05) is 20.6 Å². The Labute approximate surface area is 114 Å². The van der Waals surface area contributed by atoms with E-state index in [9.17, 15) is 8.42 Å². The van der Waals surface area contributed by atoms with Gasteiger partial charge in [-0.15, -0.1) is 0 Å². The Morgan fingerprint density at radius 1 is 1.32 bits per heavy atom. The zero-order chi connectivity index (χ0) is 14.3. The molecule has 0 aromatic heterocycles. The lowest BCUT2D eigenvalue weighted by Gasteiger charge is -2.17. The van der Waals surface area contributed by atoms with E-state index >= 15 is 0 Å². The van der Waals surface area contributed by atoms with Crippen LogP contribution in [-0.2, 0) is 16.6 Å². The van der Waals surface area contributed by atoms with Crippen molar-refractivity contribution in [3.8, 4) is 0 Å². The highest BCUT2D eigenvalue weighted by molar-refractivity contribution is 7.89. The first-order valence-electron chi connectivity index (χ1n) is 5.88. The quantitative estimate of drug-likeness (QED) is 0.588. The summed E-state index contributed by atoms with van der Waals surface area (Å²) in [5.41, 5.74) is 1.09. The number of primary sulfonamides is 1. The van der Waals surface area contributed by atoms with E-state index < -0.39 is 10.0 Å². The van der Waals surface area contributed by atoms with Crippen molar-refractivity contribution in [2.45, 2.75) is 6.54 Å². The van der Waals surface area contributed by atoms with Crippen molar-refractivity contribution in [2.24, 2.45) is 10.1 Å².